The van der Waals surface area contributed by atoms with Crippen LogP contribution in [-0.4, -0.2) is 32.9 Å². The number of rotatable bonds is 6. The number of fused-ring (bicyclic) bond motifs is 1. The Morgan fingerprint density at radius 2 is 2.17 bits per heavy atom. The lowest BCUT2D eigenvalue weighted by Crippen LogP contribution is -2.24. The molecule has 4 nitrogen and oxygen atoms in total. The maximum absolute atomic E-state index is 12.3. The van der Waals surface area contributed by atoms with Crippen LogP contribution in [0.2, 0.25) is 0 Å². The molecule has 5 atom stereocenters. The molecule has 1 aromatic carbocycles. The van der Waals surface area contributed by atoms with Crippen molar-refractivity contribution in [3.05, 3.63) is 46.5 Å². The average Bonchev–Trinajstić information content (AvgIpc) is 2.94. The monoisotopic (exact) mass is 394 g/mol. The zero-order valence-electron chi connectivity index (χ0n) is 14.2. The molecule has 0 spiro atoms. The van der Waals surface area contributed by atoms with Crippen molar-refractivity contribution >= 4 is 21.9 Å². The Kier molecular flexibility index (Phi) is 5.13. The summed E-state index contributed by atoms with van der Waals surface area (Å²) in [6, 6.07) is 8.04. The van der Waals surface area contributed by atoms with E-state index in [2.05, 4.69) is 28.9 Å². The summed E-state index contributed by atoms with van der Waals surface area (Å²) in [5.41, 5.74) is 0.490. The van der Waals surface area contributed by atoms with Gasteiger partial charge in [0.05, 0.1) is 19.3 Å². The van der Waals surface area contributed by atoms with Gasteiger partial charge >= 0.3 is 5.97 Å². The minimum Gasteiger partial charge on any atom is -0.468 e. The van der Waals surface area contributed by atoms with Gasteiger partial charge in [-0.25, -0.2) is 0 Å². The van der Waals surface area contributed by atoms with Crippen LogP contribution in [0.1, 0.15) is 25.0 Å². The van der Waals surface area contributed by atoms with Crippen molar-refractivity contribution in [1.82, 2.24) is 0 Å². The highest BCUT2D eigenvalue weighted by atomic mass is 79.9. The number of carbonyl (C=O) groups excluding carboxylic acids is 1. The van der Waals surface area contributed by atoms with Gasteiger partial charge in [-0.3, -0.25) is 4.79 Å². The number of carbonyl (C=O) groups is 1. The van der Waals surface area contributed by atoms with Gasteiger partial charge in [-0.1, -0.05) is 53.2 Å². The molecule has 0 aromatic heterocycles. The molecular weight excluding hydrogens is 372 g/mol. The average molecular weight is 395 g/mol. The van der Waals surface area contributed by atoms with E-state index < -0.39 is 5.41 Å². The van der Waals surface area contributed by atoms with Gasteiger partial charge in [-0.05, 0) is 18.1 Å². The quantitative estimate of drug-likeness (QED) is 0.541. The Labute approximate surface area is 151 Å². The lowest BCUT2D eigenvalue weighted by molar-refractivity contribution is -0.147. The van der Waals surface area contributed by atoms with E-state index in [0.29, 0.717) is 0 Å². The smallest absolute Gasteiger partial charge is 0.318 e. The van der Waals surface area contributed by atoms with Crippen LogP contribution in [0.5, 0.6) is 0 Å². The Bertz CT molecular complexity index is 632. The molecule has 3 rings (SSSR count). The van der Waals surface area contributed by atoms with E-state index in [-0.39, 0.29) is 30.0 Å². The lowest BCUT2D eigenvalue weighted by atomic mass is 9.93. The molecule has 0 radical (unpaired) electrons. The molecule has 0 N–H and O–H groups in total. The fraction of sp³-hybridized carbons (Fsp3) is 0.526. The first-order valence-electron chi connectivity index (χ1n) is 8.22. The van der Waals surface area contributed by atoms with E-state index >= 15 is 0 Å². The number of esters is 1. The van der Waals surface area contributed by atoms with Gasteiger partial charge in [-0.15, -0.1) is 0 Å². The number of halogens is 1. The Morgan fingerprint density at radius 1 is 1.42 bits per heavy atom. The molecule has 0 unspecified atom stereocenters. The number of hydrogen-bond donors (Lipinski definition) is 0. The highest BCUT2D eigenvalue weighted by Gasteiger charge is 2.72. The van der Waals surface area contributed by atoms with Crippen LogP contribution in [0.25, 0.3) is 0 Å². The number of hydrogen-bond acceptors (Lipinski definition) is 4. The molecule has 2 aliphatic rings. The van der Waals surface area contributed by atoms with E-state index in [9.17, 15) is 4.79 Å². The Morgan fingerprint density at radius 3 is 2.75 bits per heavy atom. The van der Waals surface area contributed by atoms with E-state index in [4.69, 9.17) is 14.2 Å². The van der Waals surface area contributed by atoms with Gasteiger partial charge in [0.15, 0.2) is 0 Å². The highest BCUT2D eigenvalue weighted by Crippen LogP contribution is 2.62. The van der Waals surface area contributed by atoms with E-state index in [1.807, 2.05) is 30.3 Å². The molecule has 1 saturated heterocycles. The van der Waals surface area contributed by atoms with Crippen LogP contribution >= 0.6 is 15.9 Å². The fourth-order valence-corrected chi connectivity index (χ4v) is 4.40. The van der Waals surface area contributed by atoms with Crippen molar-refractivity contribution in [2.45, 2.75) is 25.6 Å². The van der Waals surface area contributed by atoms with Crippen molar-refractivity contribution < 1.29 is 19.0 Å². The van der Waals surface area contributed by atoms with Crippen LogP contribution < -0.4 is 0 Å². The summed E-state index contributed by atoms with van der Waals surface area (Å²) in [7, 11) is 3.15. The number of ether oxygens (including phenoxy) is 3. The third-order valence-electron chi connectivity index (χ3n) is 5.22. The second-order valence-corrected chi connectivity index (χ2v) is 7.36. The van der Waals surface area contributed by atoms with Crippen molar-refractivity contribution in [3.8, 4) is 0 Å². The molecule has 1 aliphatic carbocycles. The van der Waals surface area contributed by atoms with Crippen molar-refractivity contribution in [2.24, 2.45) is 17.3 Å². The van der Waals surface area contributed by atoms with Gasteiger partial charge in [0.1, 0.15) is 5.41 Å². The largest absolute Gasteiger partial charge is 0.468 e. The van der Waals surface area contributed by atoms with Gasteiger partial charge in [-0.2, -0.15) is 0 Å². The summed E-state index contributed by atoms with van der Waals surface area (Å²) in [6.45, 7) is 2.82. The molecule has 1 heterocycles. The van der Waals surface area contributed by atoms with Gasteiger partial charge < -0.3 is 14.2 Å². The SMILES string of the molecule is COC(=O)[C@@]1(C=C[C@H](C)[C@H](OC)c2ccccc2Br)[C@@H]2OCC[C@@H]21. The molecule has 130 valence electrons. The van der Waals surface area contributed by atoms with Crippen LogP contribution in [0, 0.1) is 17.3 Å². The fourth-order valence-electron chi connectivity index (χ4n) is 3.89. The maximum atomic E-state index is 12.3. The van der Waals surface area contributed by atoms with Crippen LogP contribution in [0.4, 0.5) is 0 Å². The summed E-state index contributed by atoms with van der Waals surface area (Å²) in [5.74, 6) is 0.157. The molecule has 24 heavy (non-hydrogen) atoms. The van der Waals surface area contributed by atoms with E-state index in [1.165, 1.54) is 7.11 Å². The topological polar surface area (TPSA) is 44.8 Å². The van der Waals surface area contributed by atoms with Gasteiger partial charge in [0, 0.05) is 30.0 Å². The summed E-state index contributed by atoms with van der Waals surface area (Å²) in [4.78, 5) is 12.3. The van der Waals surface area contributed by atoms with Crippen molar-refractivity contribution in [2.75, 3.05) is 20.8 Å². The molecule has 5 heteroatoms. The minimum absolute atomic E-state index is 0.0298. The standard InChI is InChI=1S/C19H23BrO4/c1-12(16(22-2)13-6-4-5-7-15(13)20)8-10-19(18(21)23-3)14-9-11-24-17(14)19/h4-8,10,12,14,16-17H,9,11H2,1-3H3/t12-,14-,16-,17+,19+/m0/s1. The Balaban J connectivity index is 1.80. The third-order valence-corrected chi connectivity index (χ3v) is 5.95. The summed E-state index contributed by atoms with van der Waals surface area (Å²) >= 11 is 3.58. The molecule has 1 saturated carbocycles. The predicted molar refractivity (Wildman–Crippen MR) is 94.5 cm³/mol. The summed E-state index contributed by atoms with van der Waals surface area (Å²) < 4.78 is 17.5. The second-order valence-electron chi connectivity index (χ2n) is 6.51. The first-order valence-corrected chi connectivity index (χ1v) is 9.02. The van der Waals surface area contributed by atoms with Crippen molar-refractivity contribution in [1.29, 1.82) is 0 Å². The number of methoxy groups -OCH3 is 2. The molecule has 1 aliphatic heterocycles. The molecule has 1 aromatic rings. The highest BCUT2D eigenvalue weighted by molar-refractivity contribution is 9.10. The van der Waals surface area contributed by atoms with Crippen LogP contribution in [0.15, 0.2) is 40.9 Å². The second kappa shape index (κ2) is 6.98. The predicted octanol–water partition coefficient (Wildman–Crippen LogP) is 3.91. The summed E-state index contributed by atoms with van der Waals surface area (Å²) in [6.07, 6.45) is 4.84. The van der Waals surface area contributed by atoms with E-state index in [1.54, 1.807) is 7.11 Å². The zero-order chi connectivity index (χ0) is 17.3. The Hall–Kier alpha value is -1.17. The molecule has 0 amide bonds. The van der Waals surface area contributed by atoms with Gasteiger partial charge in [0.25, 0.3) is 0 Å². The zero-order valence-corrected chi connectivity index (χ0v) is 15.8. The van der Waals surface area contributed by atoms with E-state index in [0.717, 1.165) is 23.1 Å². The number of benzene rings is 1. The van der Waals surface area contributed by atoms with Crippen molar-refractivity contribution in [3.63, 3.8) is 0 Å². The summed E-state index contributed by atoms with van der Waals surface area (Å²) in [5, 5.41) is 0. The van der Waals surface area contributed by atoms with Crippen LogP contribution in [0.3, 0.4) is 0 Å². The normalized spacial score (nSPS) is 30.8. The third kappa shape index (κ3) is 2.83. The maximum Gasteiger partial charge on any atom is 0.318 e. The molecule has 2 fully saturated rings. The minimum atomic E-state index is -0.604. The first-order chi connectivity index (χ1) is 11.6. The molecule has 0 bridgehead atoms. The van der Waals surface area contributed by atoms with Gasteiger partial charge in [0.2, 0.25) is 0 Å². The lowest BCUT2D eigenvalue weighted by Gasteiger charge is -2.22. The van der Waals surface area contributed by atoms with Crippen LogP contribution in [-0.2, 0) is 19.0 Å². The first kappa shape index (κ1) is 17.6. The molecular formula is C19H23BrO4.